The summed E-state index contributed by atoms with van der Waals surface area (Å²) in [6.45, 7) is 6.33. The Bertz CT molecular complexity index is 191. The molecule has 0 heterocycles. The van der Waals surface area contributed by atoms with Gasteiger partial charge in [0.2, 0.25) is 0 Å². The highest BCUT2D eigenvalue weighted by Gasteiger charge is 2.19. The van der Waals surface area contributed by atoms with Crippen LogP contribution in [-0.2, 0) is 4.79 Å². The quantitative estimate of drug-likeness (QED) is 0.550. The lowest BCUT2D eigenvalue weighted by Gasteiger charge is -2.09. The van der Waals surface area contributed by atoms with Crippen molar-refractivity contribution in [2.45, 2.75) is 12.8 Å². The van der Waals surface area contributed by atoms with Crippen LogP contribution >= 0.6 is 0 Å². The molecule has 0 radical (unpaired) electrons. The van der Waals surface area contributed by atoms with E-state index in [1.165, 1.54) is 0 Å². The van der Waals surface area contributed by atoms with E-state index in [1.807, 2.05) is 0 Å². The molecule has 0 saturated heterocycles. The first-order chi connectivity index (χ1) is 5.43. The van der Waals surface area contributed by atoms with E-state index in [1.54, 1.807) is 0 Å². The molecule has 4 nitrogen and oxygen atoms in total. The van der Waals surface area contributed by atoms with Crippen LogP contribution in [0.25, 0.3) is 0 Å². The molecule has 0 fully saturated rings. The van der Waals surface area contributed by atoms with Crippen molar-refractivity contribution in [3.05, 3.63) is 24.7 Å². The van der Waals surface area contributed by atoms with Crippen LogP contribution in [-0.4, -0.2) is 21.3 Å². The standard InChI is InChI=1S/C8H12O4/c1-5(9)3-7(8(11)12)4-6(2)10/h7,9-10H,1-4H2,(H,11,12). The highest BCUT2D eigenvalue weighted by Crippen LogP contribution is 2.15. The Balaban J connectivity index is 4.14. The van der Waals surface area contributed by atoms with Crippen LogP contribution in [0.1, 0.15) is 12.8 Å². The Morgan fingerprint density at radius 1 is 1.08 bits per heavy atom. The topological polar surface area (TPSA) is 77.8 Å². The first-order valence-corrected chi connectivity index (χ1v) is 3.39. The zero-order valence-corrected chi connectivity index (χ0v) is 6.66. The van der Waals surface area contributed by atoms with E-state index < -0.39 is 11.9 Å². The van der Waals surface area contributed by atoms with Crippen molar-refractivity contribution in [2.75, 3.05) is 0 Å². The number of rotatable bonds is 5. The normalized spacial score (nSPS) is 9.75. The number of aliphatic hydroxyl groups excluding tert-OH is 2. The molecule has 4 heteroatoms. The Morgan fingerprint density at radius 2 is 1.42 bits per heavy atom. The van der Waals surface area contributed by atoms with E-state index in [-0.39, 0.29) is 24.4 Å². The number of hydrogen-bond acceptors (Lipinski definition) is 3. The summed E-state index contributed by atoms with van der Waals surface area (Å²) < 4.78 is 0. The van der Waals surface area contributed by atoms with Crippen molar-refractivity contribution in [1.82, 2.24) is 0 Å². The van der Waals surface area contributed by atoms with Crippen molar-refractivity contribution in [3.63, 3.8) is 0 Å². The van der Waals surface area contributed by atoms with Crippen LogP contribution in [0, 0.1) is 5.92 Å². The Morgan fingerprint density at radius 3 is 1.58 bits per heavy atom. The molecule has 0 spiro atoms. The number of carbonyl (C=O) groups is 1. The number of aliphatic carboxylic acids is 1. The number of aliphatic hydroxyl groups is 2. The summed E-state index contributed by atoms with van der Waals surface area (Å²) in [5.74, 6) is -2.34. The van der Waals surface area contributed by atoms with Gasteiger partial charge in [0.05, 0.1) is 17.4 Å². The average molecular weight is 172 g/mol. The molecule has 68 valence electrons. The molecule has 0 rings (SSSR count). The average Bonchev–Trinajstić information content (AvgIpc) is 1.83. The molecule has 0 aromatic rings. The summed E-state index contributed by atoms with van der Waals surface area (Å²) in [5.41, 5.74) is 0. The first kappa shape index (κ1) is 10.6. The van der Waals surface area contributed by atoms with Crippen molar-refractivity contribution in [1.29, 1.82) is 0 Å². The van der Waals surface area contributed by atoms with Crippen LogP contribution in [0.4, 0.5) is 0 Å². The fourth-order valence-electron chi connectivity index (χ4n) is 0.816. The van der Waals surface area contributed by atoms with Gasteiger partial charge in [-0.1, -0.05) is 13.2 Å². The molecule has 0 aliphatic carbocycles. The van der Waals surface area contributed by atoms with Gasteiger partial charge in [-0.2, -0.15) is 0 Å². The van der Waals surface area contributed by atoms with Crippen molar-refractivity contribution >= 4 is 5.97 Å². The number of allylic oxidation sites excluding steroid dienone is 2. The minimum Gasteiger partial charge on any atom is -0.513 e. The smallest absolute Gasteiger partial charge is 0.307 e. The Hall–Kier alpha value is -1.45. The second kappa shape index (κ2) is 4.43. The van der Waals surface area contributed by atoms with Crippen molar-refractivity contribution in [3.8, 4) is 0 Å². The lowest BCUT2D eigenvalue weighted by molar-refractivity contribution is -0.142. The zero-order chi connectivity index (χ0) is 9.72. The molecule has 0 aromatic carbocycles. The van der Waals surface area contributed by atoms with E-state index in [0.717, 1.165) is 0 Å². The molecule has 0 aromatic heterocycles. The summed E-state index contributed by atoms with van der Waals surface area (Å²) in [6.07, 6.45) is -0.121. The monoisotopic (exact) mass is 172 g/mol. The van der Waals surface area contributed by atoms with Crippen LogP contribution in [0.15, 0.2) is 24.7 Å². The number of hydrogen-bond donors (Lipinski definition) is 3. The van der Waals surface area contributed by atoms with Gasteiger partial charge in [0.15, 0.2) is 0 Å². The fourth-order valence-corrected chi connectivity index (χ4v) is 0.816. The van der Waals surface area contributed by atoms with Gasteiger partial charge in [-0.05, 0) is 0 Å². The van der Waals surface area contributed by atoms with E-state index in [2.05, 4.69) is 13.2 Å². The zero-order valence-electron chi connectivity index (χ0n) is 6.66. The first-order valence-electron chi connectivity index (χ1n) is 3.39. The second-order valence-corrected chi connectivity index (χ2v) is 2.58. The molecular formula is C8H12O4. The van der Waals surface area contributed by atoms with Gasteiger partial charge in [-0.25, -0.2) is 0 Å². The van der Waals surface area contributed by atoms with Gasteiger partial charge < -0.3 is 15.3 Å². The molecule has 0 aliphatic heterocycles. The third-order valence-corrected chi connectivity index (χ3v) is 1.31. The van der Waals surface area contributed by atoms with Gasteiger partial charge >= 0.3 is 5.97 Å². The highest BCUT2D eigenvalue weighted by atomic mass is 16.4. The number of carboxylic acids is 1. The molecule has 0 saturated carbocycles. The fraction of sp³-hybridized carbons (Fsp3) is 0.375. The van der Waals surface area contributed by atoms with E-state index in [4.69, 9.17) is 15.3 Å². The highest BCUT2D eigenvalue weighted by molar-refractivity contribution is 5.70. The second-order valence-electron chi connectivity index (χ2n) is 2.58. The van der Waals surface area contributed by atoms with Gasteiger partial charge in [0.1, 0.15) is 0 Å². The summed E-state index contributed by atoms with van der Waals surface area (Å²) in [5, 5.41) is 26.0. The van der Waals surface area contributed by atoms with Gasteiger partial charge in [-0.3, -0.25) is 4.79 Å². The van der Waals surface area contributed by atoms with Crippen LogP contribution in [0.5, 0.6) is 0 Å². The molecule has 0 amide bonds. The maximum Gasteiger partial charge on any atom is 0.307 e. The predicted molar refractivity (Wildman–Crippen MR) is 43.9 cm³/mol. The molecule has 12 heavy (non-hydrogen) atoms. The van der Waals surface area contributed by atoms with Gasteiger partial charge in [-0.15, -0.1) is 0 Å². The molecule has 0 bridgehead atoms. The van der Waals surface area contributed by atoms with E-state index in [9.17, 15) is 4.79 Å². The summed E-state index contributed by atoms with van der Waals surface area (Å²) in [7, 11) is 0. The minimum atomic E-state index is -1.08. The van der Waals surface area contributed by atoms with Crippen LogP contribution in [0.2, 0.25) is 0 Å². The molecular weight excluding hydrogens is 160 g/mol. The van der Waals surface area contributed by atoms with Crippen LogP contribution < -0.4 is 0 Å². The molecule has 0 atom stereocenters. The maximum atomic E-state index is 10.5. The lowest BCUT2D eigenvalue weighted by Crippen LogP contribution is -2.14. The van der Waals surface area contributed by atoms with E-state index in [0.29, 0.717) is 0 Å². The lowest BCUT2D eigenvalue weighted by atomic mass is 10.0. The largest absolute Gasteiger partial charge is 0.513 e. The van der Waals surface area contributed by atoms with Crippen LogP contribution in [0.3, 0.4) is 0 Å². The Kier molecular flexibility index (Phi) is 3.90. The van der Waals surface area contributed by atoms with Gasteiger partial charge in [0.25, 0.3) is 0 Å². The van der Waals surface area contributed by atoms with Crippen molar-refractivity contribution in [2.24, 2.45) is 5.92 Å². The predicted octanol–water partition coefficient (Wildman–Crippen LogP) is 1.61. The minimum absolute atomic E-state index is 0.0606. The van der Waals surface area contributed by atoms with Gasteiger partial charge in [0, 0.05) is 12.8 Å². The molecule has 3 N–H and O–H groups in total. The summed E-state index contributed by atoms with van der Waals surface area (Å²) in [6, 6.07) is 0. The summed E-state index contributed by atoms with van der Waals surface area (Å²) in [4.78, 5) is 10.5. The SMILES string of the molecule is C=C(O)CC(CC(=C)O)C(=O)O. The third-order valence-electron chi connectivity index (χ3n) is 1.31. The molecule has 0 aliphatic rings. The number of carboxylic acid groups (broad SMARTS) is 1. The Labute approximate surface area is 70.5 Å². The van der Waals surface area contributed by atoms with Crippen molar-refractivity contribution < 1.29 is 20.1 Å². The molecule has 0 unspecified atom stereocenters. The van der Waals surface area contributed by atoms with E-state index >= 15 is 0 Å². The maximum absolute atomic E-state index is 10.5. The summed E-state index contributed by atoms with van der Waals surface area (Å²) >= 11 is 0. The third kappa shape index (κ3) is 4.38.